The average Bonchev–Trinajstić information content (AvgIpc) is 2.42. The van der Waals surface area contributed by atoms with Crippen LogP contribution >= 0.6 is 0 Å². The van der Waals surface area contributed by atoms with Gasteiger partial charge in [0.15, 0.2) is 12.4 Å². The molecule has 4 nitrogen and oxygen atoms in total. The van der Waals surface area contributed by atoms with E-state index >= 15 is 0 Å². The number of benzene rings is 1. The molecule has 2 aromatic rings. The Morgan fingerprint density at radius 1 is 1.06 bits per heavy atom. The summed E-state index contributed by atoms with van der Waals surface area (Å²) in [4.78, 5) is 12.0. The molecular formula is C14H11N3O. The van der Waals surface area contributed by atoms with Crippen LogP contribution in [0.15, 0.2) is 60.9 Å². The van der Waals surface area contributed by atoms with E-state index in [1.165, 1.54) is 4.57 Å². The summed E-state index contributed by atoms with van der Waals surface area (Å²) >= 11 is 0. The lowest BCUT2D eigenvalue weighted by Crippen LogP contribution is -2.38. The van der Waals surface area contributed by atoms with Crippen molar-refractivity contribution in [1.29, 1.82) is 0 Å². The van der Waals surface area contributed by atoms with E-state index in [4.69, 9.17) is 5.41 Å². The SMILES string of the molecule is [N-]=C=C(C(=O)Nc1ccccc1)[n+]1ccccc1. The lowest BCUT2D eigenvalue weighted by atomic mass is 10.3. The van der Waals surface area contributed by atoms with Crippen molar-refractivity contribution in [2.45, 2.75) is 0 Å². The number of hydrogen-bond donors (Lipinski definition) is 1. The number of amides is 1. The number of anilines is 1. The third-order valence-corrected chi connectivity index (χ3v) is 2.33. The van der Waals surface area contributed by atoms with E-state index in [2.05, 4.69) is 5.32 Å². The molecule has 1 aromatic heterocycles. The zero-order valence-electron chi connectivity index (χ0n) is 9.58. The second kappa shape index (κ2) is 5.57. The third kappa shape index (κ3) is 2.70. The molecule has 2 rings (SSSR count). The Bertz CT molecular complexity index is 587. The number of aromatic nitrogens is 1. The highest BCUT2D eigenvalue weighted by Crippen LogP contribution is 2.06. The fourth-order valence-corrected chi connectivity index (χ4v) is 1.49. The minimum absolute atomic E-state index is 0.0273. The molecule has 0 aliphatic carbocycles. The molecule has 1 aromatic carbocycles. The van der Waals surface area contributed by atoms with Crippen molar-refractivity contribution in [1.82, 2.24) is 0 Å². The Hall–Kier alpha value is -2.71. The Labute approximate surface area is 105 Å². The van der Waals surface area contributed by atoms with Gasteiger partial charge in [-0.25, -0.2) is 0 Å². The van der Waals surface area contributed by atoms with Crippen LogP contribution in [0.3, 0.4) is 0 Å². The summed E-state index contributed by atoms with van der Waals surface area (Å²) in [5, 5.41) is 11.7. The number of carbonyl (C=O) groups is 1. The first-order chi connectivity index (χ1) is 8.81. The van der Waals surface area contributed by atoms with E-state index in [9.17, 15) is 4.79 Å². The van der Waals surface area contributed by atoms with Crippen molar-refractivity contribution in [3.05, 3.63) is 66.3 Å². The molecule has 1 amide bonds. The maximum Gasteiger partial charge on any atom is 0.327 e. The first kappa shape index (κ1) is 11.8. The van der Waals surface area contributed by atoms with Gasteiger partial charge in [0.2, 0.25) is 0 Å². The van der Waals surface area contributed by atoms with Crippen molar-refractivity contribution in [3.63, 3.8) is 0 Å². The molecule has 1 heterocycles. The lowest BCUT2D eigenvalue weighted by Gasteiger charge is -2.03. The van der Waals surface area contributed by atoms with Crippen LogP contribution in [0.1, 0.15) is 0 Å². The van der Waals surface area contributed by atoms with Gasteiger partial charge in [0.25, 0.3) is 5.70 Å². The Kier molecular flexibility index (Phi) is 3.64. The molecule has 0 saturated heterocycles. The second-order valence-corrected chi connectivity index (χ2v) is 3.56. The summed E-state index contributed by atoms with van der Waals surface area (Å²) in [6.07, 6.45) is 3.31. The second-order valence-electron chi connectivity index (χ2n) is 3.56. The third-order valence-electron chi connectivity index (χ3n) is 2.33. The van der Waals surface area contributed by atoms with Gasteiger partial charge in [-0.15, -0.1) is 0 Å². The molecule has 0 bridgehead atoms. The van der Waals surface area contributed by atoms with Crippen molar-refractivity contribution >= 4 is 23.2 Å². The van der Waals surface area contributed by atoms with Crippen LogP contribution in [0.2, 0.25) is 0 Å². The van der Waals surface area contributed by atoms with E-state index < -0.39 is 5.91 Å². The zero-order valence-corrected chi connectivity index (χ0v) is 9.58. The number of carbonyl (C=O) groups excluding carboxylic acids is 1. The fraction of sp³-hybridized carbons (Fsp3) is 0. The van der Waals surface area contributed by atoms with Crippen LogP contribution in [0, 0.1) is 0 Å². The van der Waals surface area contributed by atoms with Crippen molar-refractivity contribution in [3.8, 4) is 0 Å². The van der Waals surface area contributed by atoms with E-state index in [1.807, 2.05) is 30.1 Å². The normalized spacial score (nSPS) is 9.33. The van der Waals surface area contributed by atoms with Gasteiger partial charge in [-0.3, -0.25) is 4.79 Å². The quantitative estimate of drug-likeness (QED) is 0.493. The van der Waals surface area contributed by atoms with E-state index in [1.54, 1.807) is 36.7 Å². The van der Waals surface area contributed by atoms with Gasteiger partial charge in [-0.2, -0.15) is 10.4 Å². The van der Waals surface area contributed by atoms with Crippen molar-refractivity contribution in [2.75, 3.05) is 5.32 Å². The molecule has 0 radical (unpaired) electrons. The molecule has 0 fully saturated rings. The van der Waals surface area contributed by atoms with Gasteiger partial charge in [-0.05, 0) is 12.1 Å². The largest absolute Gasteiger partial charge is 0.757 e. The van der Waals surface area contributed by atoms with E-state index in [0.717, 1.165) is 0 Å². The van der Waals surface area contributed by atoms with Crippen LogP contribution in [0.5, 0.6) is 0 Å². The number of pyridine rings is 1. The predicted octanol–water partition coefficient (Wildman–Crippen LogP) is 1.69. The van der Waals surface area contributed by atoms with Crippen LogP contribution in [-0.4, -0.2) is 11.8 Å². The topological polar surface area (TPSA) is 55.3 Å². The molecular weight excluding hydrogens is 226 g/mol. The summed E-state index contributed by atoms with van der Waals surface area (Å²) in [6, 6.07) is 14.4. The van der Waals surface area contributed by atoms with E-state index in [-0.39, 0.29) is 5.70 Å². The monoisotopic (exact) mass is 237 g/mol. The van der Waals surface area contributed by atoms with Gasteiger partial charge in [0, 0.05) is 17.8 Å². The van der Waals surface area contributed by atoms with Crippen molar-refractivity contribution < 1.29 is 9.36 Å². The number of nitrogens with zero attached hydrogens (tertiary/aromatic N) is 2. The van der Waals surface area contributed by atoms with Crippen LogP contribution in [-0.2, 0) is 4.79 Å². The van der Waals surface area contributed by atoms with Crippen molar-refractivity contribution in [2.24, 2.45) is 0 Å². The van der Waals surface area contributed by atoms with Gasteiger partial charge >= 0.3 is 5.91 Å². The number of para-hydroxylation sites is 1. The van der Waals surface area contributed by atoms with Crippen LogP contribution in [0.4, 0.5) is 5.69 Å². The molecule has 0 aliphatic rings. The van der Waals surface area contributed by atoms with E-state index in [0.29, 0.717) is 5.69 Å². The van der Waals surface area contributed by atoms with Gasteiger partial charge in [0.05, 0.1) is 0 Å². The molecule has 88 valence electrons. The molecule has 0 saturated carbocycles. The summed E-state index contributed by atoms with van der Waals surface area (Å²) in [7, 11) is 0. The Balaban J connectivity index is 2.21. The highest BCUT2D eigenvalue weighted by Gasteiger charge is 2.17. The molecule has 4 heteroatoms. The summed E-state index contributed by atoms with van der Waals surface area (Å²) in [5.41, 5.74) is 0.686. The Morgan fingerprint density at radius 3 is 2.28 bits per heavy atom. The smallest absolute Gasteiger partial charge is 0.327 e. The summed E-state index contributed by atoms with van der Waals surface area (Å²) in [5.74, 6) is 1.48. The summed E-state index contributed by atoms with van der Waals surface area (Å²) in [6.45, 7) is 0. The van der Waals surface area contributed by atoms with Gasteiger partial charge < -0.3 is 10.7 Å². The number of rotatable bonds is 3. The molecule has 0 atom stereocenters. The minimum Gasteiger partial charge on any atom is -0.757 e. The first-order valence-corrected chi connectivity index (χ1v) is 5.41. The number of hydrogen-bond acceptors (Lipinski definition) is 1. The maximum absolute atomic E-state index is 12.0. The van der Waals surface area contributed by atoms with Gasteiger partial charge in [-0.1, -0.05) is 24.3 Å². The van der Waals surface area contributed by atoms with Gasteiger partial charge in [0.1, 0.15) is 0 Å². The lowest BCUT2D eigenvalue weighted by molar-refractivity contribution is -0.575. The predicted molar refractivity (Wildman–Crippen MR) is 69.8 cm³/mol. The average molecular weight is 237 g/mol. The molecule has 1 N–H and O–H groups in total. The Morgan fingerprint density at radius 2 is 1.67 bits per heavy atom. The molecule has 18 heavy (non-hydrogen) atoms. The highest BCUT2D eigenvalue weighted by molar-refractivity contribution is 6.24. The number of nitrogens with one attached hydrogen (secondary N) is 1. The zero-order chi connectivity index (χ0) is 12.8. The molecule has 0 unspecified atom stereocenters. The highest BCUT2D eigenvalue weighted by atomic mass is 16.2. The van der Waals surface area contributed by atoms with Crippen LogP contribution < -0.4 is 9.88 Å². The fourth-order valence-electron chi connectivity index (χ4n) is 1.49. The molecule has 0 aliphatic heterocycles. The minimum atomic E-state index is -0.431. The molecule has 0 spiro atoms. The maximum atomic E-state index is 12.0. The summed E-state index contributed by atoms with van der Waals surface area (Å²) < 4.78 is 1.48. The standard InChI is InChI=1S/C14H11N3O/c15-11-13(17-9-5-2-6-10-17)14(18)16-12-7-3-1-4-8-12/h1-10H,(H,16,18). The van der Waals surface area contributed by atoms with Crippen LogP contribution in [0.25, 0.3) is 11.1 Å². The first-order valence-electron chi connectivity index (χ1n) is 5.41.